The maximum atomic E-state index is 12.2. The fourth-order valence-electron chi connectivity index (χ4n) is 3.67. The van der Waals surface area contributed by atoms with Crippen LogP contribution in [0.25, 0.3) is 0 Å². The van der Waals surface area contributed by atoms with Gasteiger partial charge >= 0.3 is 6.09 Å². The van der Waals surface area contributed by atoms with Gasteiger partial charge in [0.1, 0.15) is 11.4 Å². The molecule has 162 valence electrons. The molecule has 30 heavy (non-hydrogen) atoms. The van der Waals surface area contributed by atoms with Gasteiger partial charge in [-0.1, -0.05) is 0 Å². The van der Waals surface area contributed by atoms with Gasteiger partial charge in [-0.2, -0.15) is 10.1 Å². The predicted octanol–water partition coefficient (Wildman–Crippen LogP) is 3.51. The van der Waals surface area contributed by atoms with E-state index in [-0.39, 0.29) is 6.09 Å². The number of rotatable bonds is 6. The Bertz CT molecular complexity index is 887. The first-order valence-electron chi connectivity index (χ1n) is 10.6. The van der Waals surface area contributed by atoms with E-state index in [9.17, 15) is 4.79 Å². The second-order valence-corrected chi connectivity index (χ2v) is 9.31. The minimum absolute atomic E-state index is 0.284. The first-order chi connectivity index (χ1) is 14.3. The summed E-state index contributed by atoms with van der Waals surface area (Å²) in [6, 6.07) is 3.90. The average molecular weight is 414 g/mol. The van der Waals surface area contributed by atoms with Crippen molar-refractivity contribution < 1.29 is 9.53 Å². The predicted molar refractivity (Wildman–Crippen MR) is 115 cm³/mol. The lowest BCUT2D eigenvalue weighted by molar-refractivity contribution is 0.0277. The molecule has 1 aliphatic heterocycles. The van der Waals surface area contributed by atoms with Crippen LogP contribution in [0.15, 0.2) is 18.3 Å². The van der Waals surface area contributed by atoms with Crippen LogP contribution in [-0.4, -0.2) is 63.4 Å². The maximum Gasteiger partial charge on any atom is 0.410 e. The van der Waals surface area contributed by atoms with Gasteiger partial charge in [-0.05, 0) is 52.0 Å². The molecule has 1 saturated carbocycles. The molecule has 9 nitrogen and oxygen atoms in total. The van der Waals surface area contributed by atoms with Crippen molar-refractivity contribution in [1.82, 2.24) is 25.1 Å². The molecule has 0 aromatic carbocycles. The van der Waals surface area contributed by atoms with E-state index < -0.39 is 5.60 Å². The van der Waals surface area contributed by atoms with E-state index in [0.717, 1.165) is 31.1 Å². The van der Waals surface area contributed by atoms with Crippen LogP contribution in [0.3, 0.4) is 0 Å². The van der Waals surface area contributed by atoms with Gasteiger partial charge in [0.05, 0.1) is 0 Å². The van der Waals surface area contributed by atoms with Crippen LogP contribution in [0.4, 0.5) is 22.4 Å². The highest BCUT2D eigenvalue weighted by Crippen LogP contribution is 2.39. The highest BCUT2D eigenvalue weighted by molar-refractivity contribution is 5.67. The third-order valence-electron chi connectivity index (χ3n) is 5.32. The third kappa shape index (κ3) is 5.20. The van der Waals surface area contributed by atoms with Gasteiger partial charge in [0.15, 0.2) is 5.82 Å². The van der Waals surface area contributed by atoms with E-state index in [4.69, 9.17) is 4.74 Å². The van der Waals surface area contributed by atoms with Crippen molar-refractivity contribution in [2.75, 3.05) is 36.9 Å². The topological polar surface area (TPSA) is 99.3 Å². The molecule has 1 aliphatic carbocycles. The Morgan fingerprint density at radius 1 is 1.33 bits per heavy atom. The molecular formula is C21H31N7O2. The van der Waals surface area contributed by atoms with Crippen LogP contribution >= 0.6 is 0 Å². The zero-order chi connectivity index (χ0) is 21.3. The van der Waals surface area contributed by atoms with E-state index in [0.29, 0.717) is 24.3 Å². The largest absolute Gasteiger partial charge is 0.444 e. The molecule has 2 aromatic heterocycles. The molecule has 0 bridgehead atoms. The Morgan fingerprint density at radius 2 is 2.13 bits per heavy atom. The van der Waals surface area contributed by atoms with Crippen molar-refractivity contribution in [3.63, 3.8) is 0 Å². The number of H-pyrrole nitrogens is 1. The Kier molecular flexibility index (Phi) is 5.53. The molecule has 2 fully saturated rings. The van der Waals surface area contributed by atoms with Crippen LogP contribution in [-0.2, 0) is 4.74 Å². The second kappa shape index (κ2) is 8.12. The van der Waals surface area contributed by atoms with E-state index in [1.807, 2.05) is 26.8 Å². The lowest BCUT2D eigenvalue weighted by atomic mass is 10.1. The summed E-state index contributed by atoms with van der Waals surface area (Å²) in [5.74, 6) is 3.19. The maximum absolute atomic E-state index is 12.2. The van der Waals surface area contributed by atoms with Crippen molar-refractivity contribution in [2.45, 2.75) is 51.6 Å². The van der Waals surface area contributed by atoms with Crippen LogP contribution in [0.5, 0.6) is 0 Å². The van der Waals surface area contributed by atoms with Crippen LogP contribution in [0.1, 0.15) is 51.6 Å². The third-order valence-corrected chi connectivity index (χ3v) is 5.32. The summed E-state index contributed by atoms with van der Waals surface area (Å²) in [6.45, 7) is 7.97. The Balaban J connectivity index is 1.32. The monoisotopic (exact) mass is 413 g/mol. The highest BCUT2D eigenvalue weighted by Gasteiger charge is 2.28. The summed E-state index contributed by atoms with van der Waals surface area (Å²) in [5, 5.41) is 10.7. The summed E-state index contributed by atoms with van der Waals surface area (Å²) in [5.41, 5.74) is 0.700. The Hall–Kier alpha value is -2.84. The molecule has 0 radical (unpaired) electrons. The van der Waals surface area contributed by atoms with E-state index in [1.54, 1.807) is 18.1 Å². The van der Waals surface area contributed by atoms with E-state index >= 15 is 0 Å². The molecule has 1 saturated heterocycles. The summed E-state index contributed by atoms with van der Waals surface area (Å²) < 4.78 is 5.45. The number of nitrogens with zero attached hydrogens (tertiary/aromatic N) is 5. The number of ether oxygens (including phenoxy) is 1. The number of amides is 1. The number of carbonyl (C=O) groups excluding carboxylic acids is 1. The van der Waals surface area contributed by atoms with Gasteiger partial charge in [-0.3, -0.25) is 5.10 Å². The van der Waals surface area contributed by atoms with Crippen LogP contribution in [0, 0.1) is 5.92 Å². The summed E-state index contributed by atoms with van der Waals surface area (Å²) >= 11 is 0. The van der Waals surface area contributed by atoms with Crippen molar-refractivity contribution in [3.8, 4) is 0 Å². The number of nitrogens with one attached hydrogen (secondary N) is 2. The van der Waals surface area contributed by atoms with Crippen molar-refractivity contribution in [1.29, 1.82) is 0 Å². The second-order valence-electron chi connectivity index (χ2n) is 9.31. The summed E-state index contributed by atoms with van der Waals surface area (Å²) in [4.78, 5) is 25.1. The molecule has 0 unspecified atom stereocenters. The summed E-state index contributed by atoms with van der Waals surface area (Å²) in [6.07, 6.45) is 4.93. The van der Waals surface area contributed by atoms with E-state index in [1.165, 1.54) is 18.5 Å². The van der Waals surface area contributed by atoms with Crippen LogP contribution < -0.4 is 10.2 Å². The number of carbonyl (C=O) groups is 1. The first kappa shape index (κ1) is 20.4. The normalized spacial score (nSPS) is 19.1. The standard InChI is InChI=1S/C21H31N7O2/c1-21(2,3)30-20(29)27(4)12-14-8-10-28(13-14)19-22-9-7-17(24-19)23-18-11-16(25-26-18)15-5-6-15/h7,9,11,14-15H,5-6,8,10,12-13H2,1-4H3,(H2,22,23,24,25,26)/t14-/m1/s1. The Labute approximate surface area is 177 Å². The zero-order valence-corrected chi connectivity index (χ0v) is 18.2. The lowest BCUT2D eigenvalue weighted by Gasteiger charge is -2.26. The molecule has 2 aromatic rings. The number of anilines is 3. The smallest absolute Gasteiger partial charge is 0.410 e. The fraction of sp³-hybridized carbons (Fsp3) is 0.619. The van der Waals surface area contributed by atoms with Gasteiger partial charge in [-0.25, -0.2) is 9.78 Å². The zero-order valence-electron chi connectivity index (χ0n) is 18.2. The van der Waals surface area contributed by atoms with Crippen LogP contribution in [0.2, 0.25) is 0 Å². The molecular weight excluding hydrogens is 382 g/mol. The molecule has 2 N–H and O–H groups in total. The first-order valence-corrected chi connectivity index (χ1v) is 10.6. The molecule has 1 atom stereocenters. The minimum Gasteiger partial charge on any atom is -0.444 e. The van der Waals surface area contributed by atoms with E-state index in [2.05, 4.69) is 36.4 Å². The number of hydrogen-bond donors (Lipinski definition) is 2. The number of aromatic nitrogens is 4. The number of hydrogen-bond acceptors (Lipinski definition) is 7. The summed E-state index contributed by atoms with van der Waals surface area (Å²) in [7, 11) is 1.79. The lowest BCUT2D eigenvalue weighted by Crippen LogP contribution is -2.37. The SMILES string of the molecule is CN(C[C@H]1CCN(c2nccc(Nc3cc(C4CC4)[nH]n3)n2)C1)C(=O)OC(C)(C)C. The van der Waals surface area contributed by atoms with Gasteiger partial charge in [-0.15, -0.1) is 0 Å². The fourth-order valence-corrected chi connectivity index (χ4v) is 3.67. The molecule has 2 aliphatic rings. The molecule has 9 heteroatoms. The van der Waals surface area contributed by atoms with Gasteiger partial charge in [0.2, 0.25) is 5.95 Å². The van der Waals surface area contributed by atoms with Gasteiger partial charge in [0, 0.05) is 50.6 Å². The molecule has 1 amide bonds. The highest BCUT2D eigenvalue weighted by atomic mass is 16.6. The van der Waals surface area contributed by atoms with Gasteiger partial charge in [0.25, 0.3) is 0 Å². The quantitative estimate of drug-likeness (QED) is 0.747. The van der Waals surface area contributed by atoms with Crippen molar-refractivity contribution in [3.05, 3.63) is 24.0 Å². The molecule has 4 rings (SSSR count). The van der Waals surface area contributed by atoms with Crippen molar-refractivity contribution >= 4 is 23.7 Å². The van der Waals surface area contributed by atoms with Crippen molar-refractivity contribution in [2.24, 2.45) is 5.92 Å². The van der Waals surface area contributed by atoms with Gasteiger partial charge < -0.3 is 19.9 Å². The Morgan fingerprint density at radius 3 is 2.87 bits per heavy atom. The molecule has 3 heterocycles. The minimum atomic E-state index is -0.484. The number of aromatic amines is 1. The molecule has 0 spiro atoms. The average Bonchev–Trinajstić information content (AvgIpc) is 3.24.